The van der Waals surface area contributed by atoms with Crippen molar-refractivity contribution in [3.05, 3.63) is 69.2 Å². The van der Waals surface area contributed by atoms with E-state index in [2.05, 4.69) is 37.4 Å². The smallest absolute Gasteiger partial charge is 0.243 e. The number of amides is 1. The summed E-state index contributed by atoms with van der Waals surface area (Å²) >= 11 is 9.66. The van der Waals surface area contributed by atoms with Gasteiger partial charge in [-0.1, -0.05) is 57.9 Å². The van der Waals surface area contributed by atoms with Crippen molar-refractivity contribution in [3.63, 3.8) is 0 Å². The van der Waals surface area contributed by atoms with Gasteiger partial charge >= 0.3 is 0 Å². The molecule has 0 radical (unpaired) electrons. The molecule has 1 heterocycles. The highest BCUT2D eigenvalue weighted by molar-refractivity contribution is 9.10. The van der Waals surface area contributed by atoms with Crippen LogP contribution in [-0.4, -0.2) is 29.6 Å². The molecule has 0 atom stereocenters. The number of carbonyl (C=O) groups excluding carboxylic acids is 1. The van der Waals surface area contributed by atoms with E-state index in [0.29, 0.717) is 0 Å². The van der Waals surface area contributed by atoms with Crippen LogP contribution in [-0.2, 0) is 11.3 Å². The maximum Gasteiger partial charge on any atom is 0.243 e. The van der Waals surface area contributed by atoms with Crippen molar-refractivity contribution < 1.29 is 4.79 Å². The fourth-order valence-corrected chi connectivity index (χ4v) is 3.67. The Morgan fingerprint density at radius 1 is 1.19 bits per heavy atom. The zero-order chi connectivity index (χ0) is 19.2. The quantitative estimate of drug-likeness (QED) is 0.525. The Labute approximate surface area is 173 Å². The van der Waals surface area contributed by atoms with E-state index in [0.717, 1.165) is 58.8 Å². The van der Waals surface area contributed by atoms with Crippen LogP contribution in [0.5, 0.6) is 0 Å². The Morgan fingerprint density at radius 2 is 1.85 bits per heavy atom. The Kier molecular flexibility index (Phi) is 7.05. The van der Waals surface area contributed by atoms with Gasteiger partial charge < -0.3 is 0 Å². The molecule has 2 aromatic carbocycles. The fraction of sp³-hybridized carbons (Fsp3) is 0.333. The van der Waals surface area contributed by atoms with Gasteiger partial charge in [-0.2, -0.15) is 5.10 Å². The molecule has 1 saturated heterocycles. The van der Waals surface area contributed by atoms with Gasteiger partial charge in [0.1, 0.15) is 0 Å². The number of rotatable bonds is 5. The number of hydrogen-bond acceptors (Lipinski definition) is 3. The molecule has 0 spiro atoms. The highest BCUT2D eigenvalue weighted by Crippen LogP contribution is 2.22. The van der Waals surface area contributed by atoms with E-state index in [1.165, 1.54) is 0 Å². The van der Waals surface area contributed by atoms with Crippen LogP contribution in [0.15, 0.2) is 58.1 Å². The van der Waals surface area contributed by atoms with Crippen LogP contribution in [0.2, 0.25) is 5.02 Å². The molecule has 6 heteroatoms. The maximum absolute atomic E-state index is 12.4. The Morgan fingerprint density at radius 3 is 2.52 bits per heavy atom. The Bertz CT molecular complexity index is 814. The first-order valence-electron chi connectivity index (χ1n) is 9.09. The molecule has 1 aliphatic rings. The second-order valence-corrected chi connectivity index (χ2v) is 8.14. The number of benzene rings is 2. The second kappa shape index (κ2) is 9.49. The molecule has 0 unspecified atom stereocenters. The van der Waals surface area contributed by atoms with E-state index in [4.69, 9.17) is 11.6 Å². The van der Waals surface area contributed by atoms with Crippen molar-refractivity contribution in [1.29, 1.82) is 0 Å². The van der Waals surface area contributed by atoms with Gasteiger partial charge in [-0.3, -0.25) is 9.69 Å². The molecule has 0 saturated carbocycles. The third kappa shape index (κ3) is 5.64. The molecule has 2 aromatic rings. The minimum atomic E-state index is 0.00357. The SMILES string of the molecule is C/C(=N\NC(=O)C1CCN(Cc2ccccc2Cl)CC1)c1ccc(Br)cc1. The predicted molar refractivity (Wildman–Crippen MR) is 114 cm³/mol. The number of hydrazone groups is 1. The molecule has 3 rings (SSSR count). The van der Waals surface area contributed by atoms with Crippen molar-refractivity contribution in [2.45, 2.75) is 26.3 Å². The number of likely N-dealkylation sites (tertiary alicyclic amines) is 1. The second-order valence-electron chi connectivity index (χ2n) is 6.82. The monoisotopic (exact) mass is 447 g/mol. The van der Waals surface area contributed by atoms with Crippen LogP contribution in [0.1, 0.15) is 30.9 Å². The van der Waals surface area contributed by atoms with Gasteiger partial charge in [-0.25, -0.2) is 5.43 Å². The molecule has 4 nitrogen and oxygen atoms in total. The van der Waals surface area contributed by atoms with Crippen molar-refractivity contribution >= 4 is 39.1 Å². The molecule has 0 aromatic heterocycles. The number of carbonyl (C=O) groups is 1. The summed E-state index contributed by atoms with van der Waals surface area (Å²) in [7, 11) is 0. The lowest BCUT2D eigenvalue weighted by Crippen LogP contribution is -2.39. The van der Waals surface area contributed by atoms with Crippen molar-refractivity contribution in [2.75, 3.05) is 13.1 Å². The topological polar surface area (TPSA) is 44.7 Å². The largest absolute Gasteiger partial charge is 0.299 e. The molecular formula is C21H23BrClN3O. The number of nitrogens with zero attached hydrogens (tertiary/aromatic N) is 2. The molecule has 1 amide bonds. The normalized spacial score (nSPS) is 16.3. The minimum Gasteiger partial charge on any atom is -0.299 e. The first-order valence-corrected chi connectivity index (χ1v) is 10.3. The van der Waals surface area contributed by atoms with Crippen molar-refractivity contribution in [2.24, 2.45) is 11.0 Å². The van der Waals surface area contributed by atoms with Crippen molar-refractivity contribution in [1.82, 2.24) is 10.3 Å². The first-order chi connectivity index (χ1) is 13.0. The van der Waals surface area contributed by atoms with Gasteiger partial charge in [-0.05, 0) is 62.2 Å². The zero-order valence-electron chi connectivity index (χ0n) is 15.3. The standard InChI is InChI=1S/C21H23BrClN3O/c1-15(16-6-8-19(22)9-7-16)24-25-21(27)17-10-12-26(13-11-17)14-18-4-2-3-5-20(18)23/h2-9,17H,10-14H2,1H3,(H,25,27)/b24-15+. The number of nitrogens with one attached hydrogen (secondary N) is 1. The lowest BCUT2D eigenvalue weighted by Gasteiger charge is -2.31. The predicted octanol–water partition coefficient (Wildman–Crippen LogP) is 4.85. The highest BCUT2D eigenvalue weighted by Gasteiger charge is 2.25. The van der Waals surface area contributed by atoms with E-state index >= 15 is 0 Å². The molecule has 142 valence electrons. The summed E-state index contributed by atoms with van der Waals surface area (Å²) in [5.41, 5.74) is 5.66. The Hall–Kier alpha value is -1.69. The van der Waals surface area contributed by atoms with E-state index in [9.17, 15) is 4.79 Å². The van der Waals surface area contributed by atoms with E-state index < -0.39 is 0 Å². The summed E-state index contributed by atoms with van der Waals surface area (Å²) < 4.78 is 1.02. The fourth-order valence-electron chi connectivity index (χ4n) is 3.21. The van der Waals surface area contributed by atoms with E-state index in [1.54, 1.807) is 0 Å². The summed E-state index contributed by atoms with van der Waals surface area (Å²) in [4.78, 5) is 14.8. The highest BCUT2D eigenvalue weighted by atomic mass is 79.9. The number of halogens is 2. The Balaban J connectivity index is 1.49. The molecule has 0 bridgehead atoms. The zero-order valence-corrected chi connectivity index (χ0v) is 17.6. The van der Waals surface area contributed by atoms with Gasteiger partial charge in [-0.15, -0.1) is 0 Å². The summed E-state index contributed by atoms with van der Waals surface area (Å²) in [6.45, 7) is 4.50. The minimum absolute atomic E-state index is 0.00357. The third-order valence-electron chi connectivity index (χ3n) is 4.91. The summed E-state index contributed by atoms with van der Waals surface area (Å²) in [5.74, 6) is 0.0119. The molecule has 27 heavy (non-hydrogen) atoms. The first kappa shape index (κ1) is 20.1. The summed E-state index contributed by atoms with van der Waals surface area (Å²) in [5, 5.41) is 5.07. The molecule has 0 aliphatic carbocycles. The average Bonchev–Trinajstić information content (AvgIpc) is 2.69. The van der Waals surface area contributed by atoms with Gasteiger partial charge in [0.2, 0.25) is 5.91 Å². The van der Waals surface area contributed by atoms with Crippen LogP contribution >= 0.6 is 27.5 Å². The van der Waals surface area contributed by atoms with Crippen LogP contribution in [0.4, 0.5) is 0 Å². The van der Waals surface area contributed by atoms with Crippen LogP contribution in [0, 0.1) is 5.92 Å². The lowest BCUT2D eigenvalue weighted by atomic mass is 9.96. The molecule has 1 aliphatic heterocycles. The van der Waals surface area contributed by atoms with E-state index in [-0.39, 0.29) is 11.8 Å². The van der Waals surface area contributed by atoms with Crippen LogP contribution in [0.3, 0.4) is 0 Å². The van der Waals surface area contributed by atoms with Crippen LogP contribution in [0.25, 0.3) is 0 Å². The number of piperidine rings is 1. The van der Waals surface area contributed by atoms with Gasteiger partial charge in [0.25, 0.3) is 0 Å². The maximum atomic E-state index is 12.4. The van der Waals surface area contributed by atoms with Crippen LogP contribution < -0.4 is 5.43 Å². The van der Waals surface area contributed by atoms with Gasteiger partial charge in [0.15, 0.2) is 0 Å². The summed E-state index contributed by atoms with van der Waals surface area (Å²) in [6.07, 6.45) is 1.67. The average molecular weight is 449 g/mol. The van der Waals surface area contributed by atoms with Gasteiger partial charge in [0.05, 0.1) is 5.71 Å². The van der Waals surface area contributed by atoms with Gasteiger partial charge in [0, 0.05) is 22.0 Å². The third-order valence-corrected chi connectivity index (χ3v) is 5.80. The van der Waals surface area contributed by atoms with E-state index in [1.807, 2.05) is 49.4 Å². The molecule has 1 N–H and O–H groups in total. The summed E-state index contributed by atoms with van der Waals surface area (Å²) in [6, 6.07) is 15.8. The molecule has 1 fully saturated rings. The lowest BCUT2D eigenvalue weighted by molar-refractivity contribution is -0.126. The molecular weight excluding hydrogens is 426 g/mol. The number of hydrogen-bond donors (Lipinski definition) is 1. The van der Waals surface area contributed by atoms with Crippen molar-refractivity contribution in [3.8, 4) is 0 Å².